The van der Waals surface area contributed by atoms with Gasteiger partial charge in [0, 0.05) is 29.0 Å². The van der Waals surface area contributed by atoms with E-state index in [2.05, 4.69) is 15.3 Å². The Balaban J connectivity index is 1.68. The third-order valence-corrected chi connectivity index (χ3v) is 5.02. The van der Waals surface area contributed by atoms with Crippen molar-refractivity contribution in [3.05, 3.63) is 35.0 Å². The summed E-state index contributed by atoms with van der Waals surface area (Å²) in [5, 5.41) is 5.28. The van der Waals surface area contributed by atoms with Crippen molar-refractivity contribution in [2.45, 2.75) is 19.4 Å². The zero-order valence-corrected chi connectivity index (χ0v) is 13.2. The molecule has 0 unspecified atom stereocenters. The van der Waals surface area contributed by atoms with E-state index in [1.165, 1.54) is 11.3 Å². The van der Waals surface area contributed by atoms with Crippen molar-refractivity contribution < 1.29 is 9.53 Å². The molecular weight excluding hydrogens is 306 g/mol. The number of carbonyl (C=O) groups is 1. The number of nitrogens with zero attached hydrogens (tertiary/aromatic N) is 2. The molecule has 1 fully saturated rings. The van der Waals surface area contributed by atoms with Gasteiger partial charge in [0.2, 0.25) is 5.88 Å². The van der Waals surface area contributed by atoms with E-state index in [9.17, 15) is 4.79 Å². The second-order valence-electron chi connectivity index (χ2n) is 4.73. The SMILES string of the molecule is Cc1csc(NC(=O)c2ccnc(O[C@@H]3CCSC3)c2)n1. The van der Waals surface area contributed by atoms with E-state index >= 15 is 0 Å². The summed E-state index contributed by atoms with van der Waals surface area (Å²) in [6.45, 7) is 1.89. The van der Waals surface area contributed by atoms with Gasteiger partial charge in [-0.05, 0) is 25.2 Å². The van der Waals surface area contributed by atoms with E-state index in [0.29, 0.717) is 16.6 Å². The number of pyridine rings is 1. The molecule has 3 heterocycles. The van der Waals surface area contributed by atoms with Crippen molar-refractivity contribution >= 4 is 34.1 Å². The third-order valence-electron chi connectivity index (χ3n) is 3.01. The van der Waals surface area contributed by atoms with Crippen molar-refractivity contribution in [3.8, 4) is 5.88 Å². The fourth-order valence-electron chi connectivity index (χ4n) is 1.97. The van der Waals surface area contributed by atoms with Crippen LogP contribution >= 0.6 is 23.1 Å². The highest BCUT2D eigenvalue weighted by molar-refractivity contribution is 7.99. The van der Waals surface area contributed by atoms with E-state index in [1.807, 2.05) is 24.1 Å². The molecule has 0 saturated carbocycles. The lowest BCUT2D eigenvalue weighted by Crippen LogP contribution is -2.17. The Labute approximate surface area is 131 Å². The van der Waals surface area contributed by atoms with E-state index in [0.717, 1.165) is 23.6 Å². The summed E-state index contributed by atoms with van der Waals surface area (Å²) in [4.78, 5) is 20.6. The minimum Gasteiger partial charge on any atom is -0.473 e. The number of ether oxygens (including phenoxy) is 1. The Kier molecular flexibility index (Phi) is 4.40. The Morgan fingerprint density at radius 3 is 3.14 bits per heavy atom. The van der Waals surface area contributed by atoms with Crippen LogP contribution in [0.25, 0.3) is 0 Å². The summed E-state index contributed by atoms with van der Waals surface area (Å²) in [7, 11) is 0. The zero-order chi connectivity index (χ0) is 14.7. The van der Waals surface area contributed by atoms with Crippen molar-refractivity contribution in [3.63, 3.8) is 0 Å². The first-order valence-electron chi connectivity index (χ1n) is 6.64. The third kappa shape index (κ3) is 3.74. The molecule has 110 valence electrons. The molecule has 0 aromatic carbocycles. The maximum atomic E-state index is 12.2. The van der Waals surface area contributed by atoms with E-state index in [1.54, 1.807) is 18.3 Å². The van der Waals surface area contributed by atoms with E-state index in [-0.39, 0.29) is 12.0 Å². The standard InChI is InChI=1S/C14H15N3O2S2/c1-9-7-21-14(16-9)17-13(18)10-2-4-15-12(6-10)19-11-3-5-20-8-11/h2,4,6-7,11H,3,5,8H2,1H3,(H,16,17,18)/t11-/m1/s1. The number of aromatic nitrogens is 2. The van der Waals surface area contributed by atoms with Crippen LogP contribution in [0.3, 0.4) is 0 Å². The van der Waals surface area contributed by atoms with Crippen molar-refractivity contribution in [2.24, 2.45) is 0 Å². The van der Waals surface area contributed by atoms with Gasteiger partial charge in [0.05, 0.1) is 5.69 Å². The summed E-state index contributed by atoms with van der Waals surface area (Å²) < 4.78 is 5.80. The molecule has 1 aliphatic heterocycles. The van der Waals surface area contributed by atoms with Crippen LogP contribution in [0.1, 0.15) is 22.5 Å². The molecule has 2 aromatic heterocycles. The Bertz CT molecular complexity index is 639. The fraction of sp³-hybridized carbons (Fsp3) is 0.357. The van der Waals surface area contributed by atoms with Gasteiger partial charge >= 0.3 is 0 Å². The van der Waals surface area contributed by atoms with Crippen LogP contribution in [-0.2, 0) is 0 Å². The summed E-state index contributed by atoms with van der Waals surface area (Å²) >= 11 is 3.29. The molecule has 0 spiro atoms. The fourth-order valence-corrected chi connectivity index (χ4v) is 3.75. The van der Waals surface area contributed by atoms with Gasteiger partial charge in [-0.3, -0.25) is 10.1 Å². The monoisotopic (exact) mass is 321 g/mol. The highest BCUT2D eigenvalue weighted by Gasteiger charge is 2.18. The highest BCUT2D eigenvalue weighted by Crippen LogP contribution is 2.23. The second-order valence-corrected chi connectivity index (χ2v) is 6.74. The van der Waals surface area contributed by atoms with Gasteiger partial charge in [-0.15, -0.1) is 11.3 Å². The molecule has 7 heteroatoms. The molecule has 1 aliphatic rings. The molecule has 2 aromatic rings. The molecule has 1 N–H and O–H groups in total. The predicted octanol–water partition coefficient (Wildman–Crippen LogP) is 2.98. The van der Waals surface area contributed by atoms with Crippen LogP contribution in [0.5, 0.6) is 5.88 Å². The summed E-state index contributed by atoms with van der Waals surface area (Å²) in [6, 6.07) is 3.35. The number of carbonyl (C=O) groups excluding carboxylic acids is 1. The summed E-state index contributed by atoms with van der Waals surface area (Å²) in [6.07, 6.45) is 2.82. The minimum absolute atomic E-state index is 0.197. The van der Waals surface area contributed by atoms with E-state index < -0.39 is 0 Å². The topological polar surface area (TPSA) is 64.1 Å². The maximum Gasteiger partial charge on any atom is 0.257 e. The smallest absolute Gasteiger partial charge is 0.257 e. The quantitative estimate of drug-likeness (QED) is 0.938. The van der Waals surface area contributed by atoms with Gasteiger partial charge in [-0.2, -0.15) is 11.8 Å². The zero-order valence-electron chi connectivity index (χ0n) is 11.5. The molecule has 1 atom stereocenters. The Morgan fingerprint density at radius 1 is 1.52 bits per heavy atom. The summed E-state index contributed by atoms with van der Waals surface area (Å²) in [5.74, 6) is 2.41. The van der Waals surface area contributed by atoms with Crippen LogP contribution in [0, 0.1) is 6.92 Å². The first-order valence-corrected chi connectivity index (χ1v) is 8.68. The second kappa shape index (κ2) is 6.44. The number of hydrogen-bond donors (Lipinski definition) is 1. The molecule has 1 saturated heterocycles. The lowest BCUT2D eigenvalue weighted by Gasteiger charge is -2.11. The number of amides is 1. The molecule has 1 amide bonds. The molecule has 3 rings (SSSR count). The normalized spacial score (nSPS) is 17.7. The number of rotatable bonds is 4. The summed E-state index contributed by atoms with van der Waals surface area (Å²) in [5.41, 5.74) is 1.42. The van der Waals surface area contributed by atoms with Crippen LogP contribution in [0.4, 0.5) is 5.13 Å². The average molecular weight is 321 g/mol. The van der Waals surface area contributed by atoms with Gasteiger partial charge in [-0.1, -0.05) is 0 Å². The Morgan fingerprint density at radius 2 is 2.43 bits per heavy atom. The molecule has 0 aliphatic carbocycles. The number of aryl methyl sites for hydroxylation is 1. The first-order chi connectivity index (χ1) is 10.2. The van der Waals surface area contributed by atoms with Gasteiger partial charge in [0.15, 0.2) is 5.13 Å². The predicted molar refractivity (Wildman–Crippen MR) is 85.4 cm³/mol. The van der Waals surface area contributed by atoms with Crippen molar-refractivity contribution in [1.29, 1.82) is 0 Å². The first kappa shape index (κ1) is 14.3. The molecule has 5 nitrogen and oxygen atoms in total. The number of thioether (sulfide) groups is 1. The van der Waals surface area contributed by atoms with Gasteiger partial charge in [-0.25, -0.2) is 9.97 Å². The molecular formula is C14H15N3O2S2. The van der Waals surface area contributed by atoms with Crippen molar-refractivity contribution in [2.75, 3.05) is 16.8 Å². The van der Waals surface area contributed by atoms with Gasteiger partial charge < -0.3 is 4.74 Å². The van der Waals surface area contributed by atoms with E-state index in [4.69, 9.17) is 4.74 Å². The number of hydrogen-bond acceptors (Lipinski definition) is 6. The van der Waals surface area contributed by atoms with Crippen LogP contribution < -0.4 is 10.1 Å². The Hall–Kier alpha value is -1.60. The molecule has 0 radical (unpaired) electrons. The van der Waals surface area contributed by atoms with Crippen LogP contribution in [0.2, 0.25) is 0 Å². The van der Waals surface area contributed by atoms with Crippen LogP contribution in [-0.4, -0.2) is 33.5 Å². The van der Waals surface area contributed by atoms with Crippen LogP contribution in [0.15, 0.2) is 23.7 Å². The van der Waals surface area contributed by atoms with Gasteiger partial charge in [0.1, 0.15) is 6.10 Å². The molecule has 0 bridgehead atoms. The maximum absolute atomic E-state index is 12.2. The largest absolute Gasteiger partial charge is 0.473 e. The molecule has 21 heavy (non-hydrogen) atoms. The lowest BCUT2D eigenvalue weighted by atomic mass is 10.2. The number of anilines is 1. The van der Waals surface area contributed by atoms with Gasteiger partial charge in [0.25, 0.3) is 5.91 Å². The highest BCUT2D eigenvalue weighted by atomic mass is 32.2. The minimum atomic E-state index is -0.197. The number of thiazole rings is 1. The van der Waals surface area contributed by atoms with Crippen molar-refractivity contribution in [1.82, 2.24) is 9.97 Å². The lowest BCUT2D eigenvalue weighted by molar-refractivity contribution is 0.102. The number of nitrogens with one attached hydrogen (secondary N) is 1. The average Bonchev–Trinajstić information content (AvgIpc) is 3.11.